The first-order valence-electron chi connectivity index (χ1n) is 6.11. The number of nitrogens with two attached hydrogens (primary N) is 1. The first-order valence-corrected chi connectivity index (χ1v) is 7.98. The molecule has 2 aromatic rings. The topological polar surface area (TPSA) is 81.4 Å². The molecular formula is C14H15ClN2O3S. The van der Waals surface area contributed by atoms with Crippen LogP contribution in [0.5, 0.6) is 5.75 Å². The Labute approximate surface area is 128 Å². The van der Waals surface area contributed by atoms with Gasteiger partial charge in [0.25, 0.3) is 10.0 Å². The Bertz CT molecular complexity index is 748. The van der Waals surface area contributed by atoms with Gasteiger partial charge in [0, 0.05) is 17.6 Å². The summed E-state index contributed by atoms with van der Waals surface area (Å²) in [6, 6.07) is 11.1. The van der Waals surface area contributed by atoms with Gasteiger partial charge >= 0.3 is 0 Å². The van der Waals surface area contributed by atoms with E-state index in [-0.39, 0.29) is 11.4 Å². The fraction of sp³-hybridized carbons (Fsp3) is 0.143. The Kier molecular flexibility index (Phi) is 4.72. The minimum atomic E-state index is -3.72. The predicted molar refractivity (Wildman–Crippen MR) is 83.1 cm³/mol. The quantitative estimate of drug-likeness (QED) is 0.885. The second-order valence-corrected chi connectivity index (χ2v) is 6.38. The normalized spacial score (nSPS) is 11.2. The summed E-state index contributed by atoms with van der Waals surface area (Å²) in [4.78, 5) is 0.0764. The SMILES string of the molecule is COc1cccc(NS(=O)(=O)c2ccc(CN)c(Cl)c2)c1. The molecule has 112 valence electrons. The van der Waals surface area contributed by atoms with Crippen LogP contribution in [-0.2, 0) is 16.6 Å². The Morgan fingerprint density at radius 3 is 2.62 bits per heavy atom. The van der Waals surface area contributed by atoms with Crippen molar-refractivity contribution in [3.63, 3.8) is 0 Å². The molecule has 0 amide bonds. The maximum atomic E-state index is 12.3. The number of benzene rings is 2. The molecule has 21 heavy (non-hydrogen) atoms. The lowest BCUT2D eigenvalue weighted by Crippen LogP contribution is -2.13. The van der Waals surface area contributed by atoms with Gasteiger partial charge in [-0.25, -0.2) is 8.42 Å². The number of rotatable bonds is 5. The number of hydrogen-bond acceptors (Lipinski definition) is 4. The van der Waals surface area contributed by atoms with Crippen molar-refractivity contribution in [3.05, 3.63) is 53.1 Å². The number of anilines is 1. The third kappa shape index (κ3) is 3.66. The van der Waals surface area contributed by atoms with Crippen LogP contribution in [-0.4, -0.2) is 15.5 Å². The maximum Gasteiger partial charge on any atom is 0.261 e. The molecule has 3 N–H and O–H groups in total. The second-order valence-electron chi connectivity index (χ2n) is 4.29. The van der Waals surface area contributed by atoms with Crippen molar-refractivity contribution >= 4 is 27.3 Å². The first kappa shape index (κ1) is 15.6. The molecule has 0 atom stereocenters. The van der Waals surface area contributed by atoms with Crippen LogP contribution in [0.15, 0.2) is 47.4 Å². The van der Waals surface area contributed by atoms with Crippen LogP contribution in [0.25, 0.3) is 0 Å². The third-order valence-corrected chi connectivity index (χ3v) is 4.61. The van der Waals surface area contributed by atoms with Gasteiger partial charge in [-0.3, -0.25) is 4.72 Å². The highest BCUT2D eigenvalue weighted by molar-refractivity contribution is 7.92. The van der Waals surface area contributed by atoms with E-state index < -0.39 is 10.0 Å². The molecule has 0 aromatic heterocycles. The highest BCUT2D eigenvalue weighted by atomic mass is 35.5. The number of halogens is 1. The summed E-state index contributed by atoms with van der Waals surface area (Å²) in [5.74, 6) is 0.562. The van der Waals surface area contributed by atoms with E-state index >= 15 is 0 Å². The van der Waals surface area contributed by atoms with Gasteiger partial charge < -0.3 is 10.5 Å². The largest absolute Gasteiger partial charge is 0.497 e. The summed E-state index contributed by atoms with van der Waals surface area (Å²) >= 11 is 5.99. The van der Waals surface area contributed by atoms with Crippen LogP contribution >= 0.6 is 11.6 Å². The number of sulfonamides is 1. The van der Waals surface area contributed by atoms with Crippen LogP contribution < -0.4 is 15.2 Å². The number of ether oxygens (including phenoxy) is 1. The second kappa shape index (κ2) is 6.34. The van der Waals surface area contributed by atoms with Crippen LogP contribution in [0, 0.1) is 0 Å². The maximum absolute atomic E-state index is 12.3. The molecule has 0 saturated carbocycles. The molecule has 2 rings (SSSR count). The van der Waals surface area contributed by atoms with Crippen molar-refractivity contribution in [2.24, 2.45) is 5.73 Å². The molecule has 0 spiro atoms. The van der Waals surface area contributed by atoms with Crippen molar-refractivity contribution in [1.29, 1.82) is 0 Å². The Hall–Kier alpha value is -1.76. The molecule has 7 heteroatoms. The van der Waals surface area contributed by atoms with E-state index in [0.29, 0.717) is 22.0 Å². The lowest BCUT2D eigenvalue weighted by molar-refractivity contribution is 0.415. The van der Waals surface area contributed by atoms with E-state index in [9.17, 15) is 8.42 Å². The van der Waals surface area contributed by atoms with E-state index in [4.69, 9.17) is 22.1 Å². The van der Waals surface area contributed by atoms with Gasteiger partial charge in [-0.2, -0.15) is 0 Å². The van der Waals surface area contributed by atoms with Gasteiger partial charge in [0.1, 0.15) is 5.75 Å². The lowest BCUT2D eigenvalue weighted by atomic mass is 10.2. The molecule has 2 aromatic carbocycles. The molecule has 0 fully saturated rings. The van der Waals surface area contributed by atoms with E-state index in [1.54, 1.807) is 30.3 Å². The Morgan fingerprint density at radius 2 is 2.00 bits per heavy atom. The molecule has 0 bridgehead atoms. The highest BCUT2D eigenvalue weighted by Gasteiger charge is 2.16. The summed E-state index contributed by atoms with van der Waals surface area (Å²) in [6.07, 6.45) is 0. The molecule has 0 heterocycles. The zero-order chi connectivity index (χ0) is 15.5. The predicted octanol–water partition coefficient (Wildman–Crippen LogP) is 2.61. The number of methoxy groups -OCH3 is 1. The van der Waals surface area contributed by atoms with Gasteiger partial charge in [-0.1, -0.05) is 23.7 Å². The van der Waals surface area contributed by atoms with Crippen molar-refractivity contribution in [3.8, 4) is 5.75 Å². The number of nitrogens with one attached hydrogen (secondary N) is 1. The van der Waals surface area contributed by atoms with E-state index in [0.717, 1.165) is 0 Å². The molecule has 0 saturated heterocycles. The minimum Gasteiger partial charge on any atom is -0.497 e. The van der Waals surface area contributed by atoms with Gasteiger partial charge in [0.2, 0.25) is 0 Å². The van der Waals surface area contributed by atoms with Crippen molar-refractivity contribution in [2.75, 3.05) is 11.8 Å². The third-order valence-electron chi connectivity index (χ3n) is 2.88. The lowest BCUT2D eigenvalue weighted by Gasteiger charge is -2.10. The fourth-order valence-electron chi connectivity index (χ4n) is 1.76. The average molecular weight is 327 g/mol. The Morgan fingerprint density at radius 1 is 1.24 bits per heavy atom. The number of hydrogen-bond donors (Lipinski definition) is 2. The molecule has 0 aliphatic heterocycles. The van der Waals surface area contributed by atoms with Gasteiger partial charge in [-0.15, -0.1) is 0 Å². The van der Waals surface area contributed by atoms with E-state index in [1.807, 2.05) is 0 Å². The van der Waals surface area contributed by atoms with Gasteiger partial charge in [0.15, 0.2) is 0 Å². The summed E-state index contributed by atoms with van der Waals surface area (Å²) < 4.78 is 32.2. The van der Waals surface area contributed by atoms with E-state index in [1.165, 1.54) is 19.2 Å². The molecule has 0 aliphatic rings. The zero-order valence-corrected chi connectivity index (χ0v) is 12.9. The molecular weight excluding hydrogens is 312 g/mol. The van der Waals surface area contributed by atoms with Crippen LogP contribution in [0.2, 0.25) is 5.02 Å². The molecule has 0 unspecified atom stereocenters. The molecule has 5 nitrogen and oxygen atoms in total. The van der Waals surface area contributed by atoms with Crippen LogP contribution in [0.1, 0.15) is 5.56 Å². The summed E-state index contributed by atoms with van der Waals surface area (Å²) in [5.41, 5.74) is 6.60. The summed E-state index contributed by atoms with van der Waals surface area (Å²) in [7, 11) is -2.20. The van der Waals surface area contributed by atoms with E-state index in [2.05, 4.69) is 4.72 Å². The monoisotopic (exact) mass is 326 g/mol. The van der Waals surface area contributed by atoms with Gasteiger partial charge in [0.05, 0.1) is 17.7 Å². The molecule has 0 radical (unpaired) electrons. The smallest absolute Gasteiger partial charge is 0.261 e. The van der Waals surface area contributed by atoms with Crippen molar-refractivity contribution < 1.29 is 13.2 Å². The van der Waals surface area contributed by atoms with Crippen molar-refractivity contribution in [2.45, 2.75) is 11.4 Å². The Balaban J connectivity index is 2.31. The van der Waals surface area contributed by atoms with Crippen molar-refractivity contribution in [1.82, 2.24) is 0 Å². The van der Waals surface area contributed by atoms with Crippen LogP contribution in [0.3, 0.4) is 0 Å². The average Bonchev–Trinajstić information content (AvgIpc) is 2.47. The minimum absolute atomic E-state index is 0.0764. The standard InChI is InChI=1S/C14H15ClN2O3S/c1-20-12-4-2-3-11(7-12)17-21(18,19)13-6-5-10(9-16)14(15)8-13/h2-8,17H,9,16H2,1H3. The van der Waals surface area contributed by atoms with Crippen LogP contribution in [0.4, 0.5) is 5.69 Å². The highest BCUT2D eigenvalue weighted by Crippen LogP contribution is 2.24. The first-order chi connectivity index (χ1) is 9.96. The zero-order valence-electron chi connectivity index (χ0n) is 11.3. The summed E-state index contributed by atoms with van der Waals surface area (Å²) in [6.45, 7) is 0.252. The molecule has 0 aliphatic carbocycles. The van der Waals surface area contributed by atoms with Gasteiger partial charge in [-0.05, 0) is 29.8 Å². The summed E-state index contributed by atoms with van der Waals surface area (Å²) in [5, 5.41) is 0.325. The fourth-order valence-corrected chi connectivity index (χ4v) is 3.16.